The summed E-state index contributed by atoms with van der Waals surface area (Å²) in [7, 11) is 0. The molecule has 1 rings (SSSR count). The van der Waals surface area contributed by atoms with Crippen molar-refractivity contribution in [3.8, 4) is 0 Å². The maximum Gasteiger partial charge on any atom is 0.0942 e. The van der Waals surface area contributed by atoms with E-state index in [1.807, 2.05) is 25.1 Å². The van der Waals surface area contributed by atoms with E-state index in [1.165, 1.54) is 0 Å². The molecule has 0 radical (unpaired) electrons. The van der Waals surface area contributed by atoms with Crippen LogP contribution in [-0.2, 0) is 6.61 Å². The molecule has 0 bridgehead atoms. The van der Waals surface area contributed by atoms with E-state index in [1.54, 1.807) is 0 Å². The van der Waals surface area contributed by atoms with Gasteiger partial charge in [0.05, 0.1) is 19.3 Å². The van der Waals surface area contributed by atoms with Gasteiger partial charge in [-0.05, 0) is 24.1 Å². The first-order valence-corrected chi connectivity index (χ1v) is 4.91. The summed E-state index contributed by atoms with van der Waals surface area (Å²) in [6.07, 6.45) is -0.762. The molecule has 0 aliphatic carbocycles. The summed E-state index contributed by atoms with van der Waals surface area (Å²) in [5, 5.41) is 29.9. The second kappa shape index (κ2) is 5.70. The highest BCUT2D eigenvalue weighted by molar-refractivity contribution is 5.53. The molecule has 84 valence electrons. The molecule has 4 nitrogen and oxygen atoms in total. The lowest BCUT2D eigenvalue weighted by Crippen LogP contribution is -2.23. The Bertz CT molecular complexity index is 315. The predicted octanol–water partition coefficient (Wildman–Crippen LogP) is 0.252. The monoisotopic (exact) mass is 211 g/mol. The second-order valence-electron chi connectivity index (χ2n) is 3.47. The molecule has 0 spiro atoms. The van der Waals surface area contributed by atoms with Crippen molar-refractivity contribution in [3.05, 3.63) is 29.3 Å². The minimum absolute atomic E-state index is 0.00388. The van der Waals surface area contributed by atoms with E-state index < -0.39 is 6.10 Å². The number of rotatable bonds is 5. The fraction of sp³-hybridized carbons (Fsp3) is 0.455. The van der Waals surface area contributed by atoms with Gasteiger partial charge in [-0.3, -0.25) is 0 Å². The summed E-state index contributed by atoms with van der Waals surface area (Å²) in [5.74, 6) is 0. The van der Waals surface area contributed by atoms with Gasteiger partial charge in [0.25, 0.3) is 0 Å². The van der Waals surface area contributed by atoms with Crippen molar-refractivity contribution in [2.75, 3.05) is 18.5 Å². The second-order valence-corrected chi connectivity index (χ2v) is 3.47. The molecular formula is C11H17NO3. The Morgan fingerprint density at radius 2 is 2.07 bits per heavy atom. The highest BCUT2D eigenvalue weighted by Gasteiger charge is 2.05. The Morgan fingerprint density at radius 3 is 2.67 bits per heavy atom. The van der Waals surface area contributed by atoms with Crippen LogP contribution in [0.5, 0.6) is 0 Å². The molecule has 4 heteroatoms. The summed E-state index contributed by atoms with van der Waals surface area (Å²) >= 11 is 0. The fourth-order valence-electron chi connectivity index (χ4n) is 1.34. The zero-order valence-electron chi connectivity index (χ0n) is 8.77. The molecule has 1 atom stereocenters. The van der Waals surface area contributed by atoms with Crippen LogP contribution in [0.15, 0.2) is 18.2 Å². The third kappa shape index (κ3) is 3.20. The molecule has 0 saturated heterocycles. The molecule has 15 heavy (non-hydrogen) atoms. The summed E-state index contributed by atoms with van der Waals surface area (Å²) < 4.78 is 0. The molecule has 0 aliphatic rings. The van der Waals surface area contributed by atoms with Crippen LogP contribution in [0.2, 0.25) is 0 Å². The molecule has 0 aromatic heterocycles. The van der Waals surface area contributed by atoms with Gasteiger partial charge in [-0.1, -0.05) is 12.1 Å². The Labute approximate surface area is 89.2 Å². The first kappa shape index (κ1) is 12.0. The van der Waals surface area contributed by atoms with Crippen LogP contribution in [0.1, 0.15) is 11.1 Å². The van der Waals surface area contributed by atoms with Crippen LogP contribution in [-0.4, -0.2) is 34.6 Å². The Hall–Kier alpha value is -1.10. The van der Waals surface area contributed by atoms with Crippen molar-refractivity contribution >= 4 is 5.69 Å². The van der Waals surface area contributed by atoms with Gasteiger partial charge in [-0.25, -0.2) is 0 Å². The first-order chi connectivity index (χ1) is 7.19. The number of aliphatic hydroxyl groups excluding tert-OH is 3. The van der Waals surface area contributed by atoms with Crippen molar-refractivity contribution in [3.63, 3.8) is 0 Å². The SMILES string of the molecule is Cc1c(CO)cccc1NCC(O)CO. The number of nitrogens with one attached hydrogen (secondary N) is 1. The lowest BCUT2D eigenvalue weighted by Gasteiger charge is -2.14. The average molecular weight is 211 g/mol. The fourth-order valence-corrected chi connectivity index (χ4v) is 1.34. The van der Waals surface area contributed by atoms with E-state index in [9.17, 15) is 5.11 Å². The van der Waals surface area contributed by atoms with Crippen LogP contribution in [0.4, 0.5) is 5.69 Å². The molecule has 0 heterocycles. The van der Waals surface area contributed by atoms with E-state index in [4.69, 9.17) is 10.2 Å². The van der Waals surface area contributed by atoms with E-state index in [0.717, 1.165) is 16.8 Å². The number of benzene rings is 1. The van der Waals surface area contributed by atoms with Crippen molar-refractivity contribution in [2.45, 2.75) is 19.6 Å². The van der Waals surface area contributed by atoms with Gasteiger partial charge in [0, 0.05) is 12.2 Å². The van der Waals surface area contributed by atoms with Gasteiger partial charge < -0.3 is 20.6 Å². The molecular weight excluding hydrogens is 194 g/mol. The van der Waals surface area contributed by atoms with E-state index >= 15 is 0 Å². The standard InChI is InChI=1S/C11H17NO3/c1-8-9(6-13)3-2-4-11(8)12-5-10(15)7-14/h2-4,10,12-15H,5-7H2,1H3. The van der Waals surface area contributed by atoms with Crippen LogP contribution in [0, 0.1) is 6.92 Å². The third-order valence-corrected chi connectivity index (χ3v) is 2.36. The first-order valence-electron chi connectivity index (χ1n) is 4.91. The Morgan fingerprint density at radius 1 is 1.33 bits per heavy atom. The number of hydrogen-bond acceptors (Lipinski definition) is 4. The molecule has 0 aliphatic heterocycles. The topological polar surface area (TPSA) is 72.7 Å². The minimum Gasteiger partial charge on any atom is -0.394 e. The van der Waals surface area contributed by atoms with Crippen LogP contribution in [0.3, 0.4) is 0 Å². The normalized spacial score (nSPS) is 12.5. The summed E-state index contributed by atoms with van der Waals surface area (Å²) in [6.45, 7) is 1.95. The van der Waals surface area contributed by atoms with Crippen LogP contribution in [0.25, 0.3) is 0 Å². The van der Waals surface area contributed by atoms with E-state index in [2.05, 4.69) is 5.32 Å². The Kier molecular flexibility index (Phi) is 4.55. The van der Waals surface area contributed by atoms with Gasteiger partial charge in [-0.2, -0.15) is 0 Å². The molecule has 1 unspecified atom stereocenters. The maximum atomic E-state index is 9.17. The summed E-state index contributed by atoms with van der Waals surface area (Å²) in [6, 6.07) is 5.56. The van der Waals surface area contributed by atoms with Gasteiger partial charge in [0.2, 0.25) is 0 Å². The Balaban J connectivity index is 2.68. The quantitative estimate of drug-likeness (QED) is 0.563. The van der Waals surface area contributed by atoms with E-state index in [0.29, 0.717) is 6.54 Å². The van der Waals surface area contributed by atoms with E-state index in [-0.39, 0.29) is 13.2 Å². The molecule has 0 amide bonds. The highest BCUT2D eigenvalue weighted by Crippen LogP contribution is 2.18. The van der Waals surface area contributed by atoms with Gasteiger partial charge in [-0.15, -0.1) is 0 Å². The smallest absolute Gasteiger partial charge is 0.0942 e. The molecule has 1 aromatic carbocycles. The molecule has 4 N–H and O–H groups in total. The van der Waals surface area contributed by atoms with Crippen molar-refractivity contribution in [1.82, 2.24) is 0 Å². The maximum absolute atomic E-state index is 9.17. The lowest BCUT2D eigenvalue weighted by molar-refractivity contribution is 0.105. The average Bonchev–Trinajstić information content (AvgIpc) is 2.27. The summed E-state index contributed by atoms with van der Waals surface area (Å²) in [5.41, 5.74) is 2.69. The number of hydrogen-bond donors (Lipinski definition) is 4. The molecule has 0 saturated carbocycles. The largest absolute Gasteiger partial charge is 0.394 e. The third-order valence-electron chi connectivity index (χ3n) is 2.36. The lowest BCUT2D eigenvalue weighted by atomic mass is 10.1. The number of anilines is 1. The molecule has 1 aromatic rings. The molecule has 0 fully saturated rings. The van der Waals surface area contributed by atoms with Crippen LogP contribution >= 0.6 is 0 Å². The van der Waals surface area contributed by atoms with Gasteiger partial charge in [0.15, 0.2) is 0 Å². The van der Waals surface area contributed by atoms with Crippen molar-refractivity contribution in [1.29, 1.82) is 0 Å². The summed E-state index contributed by atoms with van der Waals surface area (Å²) in [4.78, 5) is 0. The van der Waals surface area contributed by atoms with Gasteiger partial charge >= 0.3 is 0 Å². The van der Waals surface area contributed by atoms with Crippen molar-refractivity contribution in [2.24, 2.45) is 0 Å². The zero-order chi connectivity index (χ0) is 11.3. The van der Waals surface area contributed by atoms with Crippen molar-refractivity contribution < 1.29 is 15.3 Å². The predicted molar refractivity (Wildman–Crippen MR) is 58.7 cm³/mol. The minimum atomic E-state index is -0.762. The van der Waals surface area contributed by atoms with Crippen LogP contribution < -0.4 is 5.32 Å². The number of aliphatic hydroxyl groups is 3. The van der Waals surface area contributed by atoms with Gasteiger partial charge in [0.1, 0.15) is 0 Å². The zero-order valence-corrected chi connectivity index (χ0v) is 8.77. The highest BCUT2D eigenvalue weighted by atomic mass is 16.3.